The summed E-state index contributed by atoms with van der Waals surface area (Å²) in [5, 5.41) is 7.42. The van der Waals surface area contributed by atoms with Crippen LogP contribution in [0.5, 0.6) is 0 Å². The molecule has 55 heavy (non-hydrogen) atoms. The Balaban J connectivity index is 1.23. The molecule has 6 aromatic carbocycles. The molecule has 0 N–H and O–H groups in total. The molecule has 0 aliphatic heterocycles. The standard InChI is InChI=1S/C52H54N2O/c1-49(2,3)31-13-21-43-39(25-31)40-26-32(50(4,5)6)14-22-44(40)53(43)35-17-19-37-38-20-18-36(30-48(38)55-47(37)29-35)54-45-23-15-33(51(7,8)9)27-41(45)42-28-34(52(10,11)12)16-24-46(42)54/h13-30H,1-12H3. The first-order valence-electron chi connectivity index (χ1n) is 19.9. The van der Waals surface area contributed by atoms with E-state index in [0.717, 1.165) is 33.3 Å². The monoisotopic (exact) mass is 722 g/mol. The lowest BCUT2D eigenvalue weighted by Gasteiger charge is -2.19. The summed E-state index contributed by atoms with van der Waals surface area (Å²) < 4.78 is 11.6. The fourth-order valence-electron chi connectivity index (χ4n) is 8.50. The van der Waals surface area contributed by atoms with E-state index in [0.29, 0.717) is 0 Å². The smallest absolute Gasteiger partial charge is 0.137 e. The number of hydrogen-bond acceptors (Lipinski definition) is 1. The molecule has 0 radical (unpaired) electrons. The van der Waals surface area contributed by atoms with E-state index in [2.05, 4.69) is 201 Å². The SMILES string of the molecule is CC(C)(C)c1ccc2c(c1)c1cc(C(C)(C)C)ccc1n2-c1ccc2c(c1)oc1cc(-n3c4ccc(C(C)(C)C)cc4c4cc(C(C)(C)C)ccc43)ccc12. The summed E-state index contributed by atoms with van der Waals surface area (Å²) in [6.07, 6.45) is 0. The number of fused-ring (bicyclic) bond motifs is 9. The lowest BCUT2D eigenvalue weighted by molar-refractivity contribution is 0.590. The molecule has 0 saturated carbocycles. The summed E-state index contributed by atoms with van der Waals surface area (Å²) in [6.45, 7) is 27.5. The molecule has 3 heterocycles. The van der Waals surface area contributed by atoms with Gasteiger partial charge in [0.2, 0.25) is 0 Å². The highest BCUT2D eigenvalue weighted by atomic mass is 16.3. The topological polar surface area (TPSA) is 23.0 Å². The predicted molar refractivity (Wildman–Crippen MR) is 237 cm³/mol. The minimum atomic E-state index is 0.0558. The maximum absolute atomic E-state index is 6.81. The van der Waals surface area contributed by atoms with Gasteiger partial charge in [0.05, 0.1) is 22.1 Å². The number of nitrogens with zero attached hydrogens (tertiary/aromatic N) is 2. The highest BCUT2D eigenvalue weighted by Gasteiger charge is 2.23. The van der Waals surface area contributed by atoms with Gasteiger partial charge in [-0.3, -0.25) is 0 Å². The molecule has 0 aliphatic carbocycles. The summed E-state index contributed by atoms with van der Waals surface area (Å²) in [7, 11) is 0. The van der Waals surface area contributed by atoms with Crippen LogP contribution in [0.15, 0.2) is 114 Å². The summed E-state index contributed by atoms with van der Waals surface area (Å²) in [5.74, 6) is 0. The largest absolute Gasteiger partial charge is 0.456 e. The zero-order valence-corrected chi connectivity index (χ0v) is 34.7. The van der Waals surface area contributed by atoms with Crippen LogP contribution in [0.25, 0.3) is 76.9 Å². The molecule has 0 fully saturated rings. The average Bonchev–Trinajstić information content (AvgIpc) is 3.75. The van der Waals surface area contributed by atoms with Crippen molar-refractivity contribution in [3.63, 3.8) is 0 Å². The highest BCUT2D eigenvalue weighted by molar-refractivity contribution is 6.12. The second-order valence-electron chi connectivity index (χ2n) is 20.1. The second-order valence-corrected chi connectivity index (χ2v) is 20.1. The van der Waals surface area contributed by atoms with Crippen LogP contribution in [0, 0.1) is 0 Å². The van der Waals surface area contributed by atoms with Crippen LogP contribution in [-0.4, -0.2) is 9.13 Å². The van der Waals surface area contributed by atoms with Gasteiger partial charge in [-0.05, 0) is 117 Å². The Labute approximate surface area is 325 Å². The Hall–Kier alpha value is -5.28. The third kappa shape index (κ3) is 5.69. The second kappa shape index (κ2) is 11.6. The Morgan fingerprint density at radius 1 is 0.309 bits per heavy atom. The van der Waals surface area contributed by atoms with Gasteiger partial charge in [-0.2, -0.15) is 0 Å². The first-order valence-corrected chi connectivity index (χ1v) is 19.9. The lowest BCUT2D eigenvalue weighted by atomic mass is 9.85. The van der Waals surface area contributed by atoms with Crippen molar-refractivity contribution < 1.29 is 4.42 Å². The van der Waals surface area contributed by atoms with Gasteiger partial charge in [-0.15, -0.1) is 0 Å². The van der Waals surface area contributed by atoms with Gasteiger partial charge >= 0.3 is 0 Å². The Bertz CT molecular complexity index is 2660. The molecule has 0 bridgehead atoms. The van der Waals surface area contributed by atoms with Gasteiger partial charge in [-0.25, -0.2) is 0 Å². The van der Waals surface area contributed by atoms with Crippen LogP contribution in [0.4, 0.5) is 0 Å². The van der Waals surface area contributed by atoms with Crippen molar-refractivity contribution in [3.05, 3.63) is 131 Å². The minimum Gasteiger partial charge on any atom is -0.456 e. The van der Waals surface area contributed by atoms with Crippen molar-refractivity contribution >= 4 is 65.6 Å². The molecule has 9 rings (SSSR count). The van der Waals surface area contributed by atoms with Crippen molar-refractivity contribution in [1.29, 1.82) is 0 Å². The van der Waals surface area contributed by atoms with E-state index >= 15 is 0 Å². The zero-order chi connectivity index (χ0) is 39.0. The molecule has 9 aromatic rings. The molecule has 278 valence electrons. The molecule has 3 aromatic heterocycles. The molecule has 0 amide bonds. The number of hydrogen-bond donors (Lipinski definition) is 0. The number of furan rings is 1. The van der Waals surface area contributed by atoms with Gasteiger partial charge < -0.3 is 13.6 Å². The van der Waals surface area contributed by atoms with E-state index in [1.807, 2.05) is 0 Å². The van der Waals surface area contributed by atoms with Gasteiger partial charge in [-0.1, -0.05) is 107 Å². The predicted octanol–water partition coefficient (Wildman–Crippen LogP) is 15.0. The van der Waals surface area contributed by atoms with E-state index in [9.17, 15) is 0 Å². The summed E-state index contributed by atoms with van der Waals surface area (Å²) >= 11 is 0. The first-order chi connectivity index (χ1) is 25.8. The molecule has 0 spiro atoms. The molecule has 0 atom stereocenters. The highest BCUT2D eigenvalue weighted by Crippen LogP contribution is 2.41. The van der Waals surface area contributed by atoms with Crippen molar-refractivity contribution in [1.82, 2.24) is 9.13 Å². The van der Waals surface area contributed by atoms with Crippen LogP contribution in [0.1, 0.15) is 105 Å². The summed E-state index contributed by atoms with van der Waals surface area (Å²) in [6, 6.07) is 41.5. The summed E-state index contributed by atoms with van der Waals surface area (Å²) in [4.78, 5) is 0. The zero-order valence-electron chi connectivity index (χ0n) is 34.7. The number of benzene rings is 6. The molecule has 3 nitrogen and oxygen atoms in total. The maximum Gasteiger partial charge on any atom is 0.137 e. The van der Waals surface area contributed by atoms with E-state index in [1.54, 1.807) is 0 Å². The van der Waals surface area contributed by atoms with Crippen molar-refractivity contribution in [2.24, 2.45) is 0 Å². The Kier molecular flexibility index (Phi) is 7.48. The Morgan fingerprint density at radius 3 is 0.836 bits per heavy atom. The van der Waals surface area contributed by atoms with Crippen LogP contribution >= 0.6 is 0 Å². The minimum absolute atomic E-state index is 0.0558. The van der Waals surface area contributed by atoms with E-state index < -0.39 is 0 Å². The normalized spacial score (nSPS) is 13.5. The van der Waals surface area contributed by atoms with Gasteiger partial charge in [0, 0.05) is 55.8 Å². The quantitative estimate of drug-likeness (QED) is 0.174. The van der Waals surface area contributed by atoms with Crippen molar-refractivity contribution in [2.75, 3.05) is 0 Å². The third-order valence-electron chi connectivity index (χ3n) is 12.0. The van der Waals surface area contributed by atoms with E-state index in [4.69, 9.17) is 4.42 Å². The lowest BCUT2D eigenvalue weighted by Crippen LogP contribution is -2.10. The van der Waals surface area contributed by atoms with Gasteiger partial charge in [0.25, 0.3) is 0 Å². The van der Waals surface area contributed by atoms with E-state index in [1.165, 1.54) is 65.9 Å². The third-order valence-corrected chi connectivity index (χ3v) is 12.0. The fraction of sp³-hybridized carbons (Fsp3) is 0.308. The van der Waals surface area contributed by atoms with Gasteiger partial charge in [0.1, 0.15) is 11.2 Å². The molecule has 0 unspecified atom stereocenters. The van der Waals surface area contributed by atoms with Crippen molar-refractivity contribution in [3.8, 4) is 11.4 Å². The van der Waals surface area contributed by atoms with Gasteiger partial charge in [0.15, 0.2) is 0 Å². The van der Waals surface area contributed by atoms with Crippen LogP contribution in [-0.2, 0) is 21.7 Å². The molecular weight excluding hydrogens is 669 g/mol. The Morgan fingerprint density at radius 2 is 0.582 bits per heavy atom. The summed E-state index contributed by atoms with van der Waals surface area (Å²) in [5.41, 5.74) is 14.4. The number of rotatable bonds is 2. The maximum atomic E-state index is 6.81. The van der Waals surface area contributed by atoms with Crippen LogP contribution in [0.2, 0.25) is 0 Å². The number of aromatic nitrogens is 2. The molecule has 3 heteroatoms. The molecule has 0 saturated heterocycles. The fourth-order valence-corrected chi connectivity index (χ4v) is 8.50. The average molecular weight is 723 g/mol. The molecular formula is C52H54N2O. The van der Waals surface area contributed by atoms with Crippen LogP contribution < -0.4 is 0 Å². The van der Waals surface area contributed by atoms with E-state index in [-0.39, 0.29) is 21.7 Å². The molecule has 0 aliphatic rings. The van der Waals surface area contributed by atoms with Crippen LogP contribution in [0.3, 0.4) is 0 Å². The van der Waals surface area contributed by atoms with Crippen molar-refractivity contribution in [2.45, 2.75) is 105 Å². The first kappa shape index (κ1) is 35.4.